The van der Waals surface area contributed by atoms with Crippen LogP contribution in [0.25, 0.3) is 0 Å². The fourth-order valence-corrected chi connectivity index (χ4v) is 4.90. The monoisotopic (exact) mass is 476 g/mol. The molecule has 3 heterocycles. The molecule has 2 unspecified atom stereocenters. The number of nitrogens with one attached hydrogen (secondary N) is 1. The van der Waals surface area contributed by atoms with Crippen molar-refractivity contribution < 1.29 is 4.79 Å². The Bertz CT molecular complexity index is 1340. The maximum absolute atomic E-state index is 13.5. The molecule has 7 nitrogen and oxygen atoms in total. The zero-order chi connectivity index (χ0) is 24.7. The summed E-state index contributed by atoms with van der Waals surface area (Å²) in [5.41, 5.74) is 4.79. The number of nitriles is 1. The minimum Gasteiger partial charge on any atom is -0.338 e. The maximum Gasteiger partial charge on any atom is 0.227 e. The first-order valence-corrected chi connectivity index (χ1v) is 12.2. The number of aromatic nitrogens is 3. The number of benzene rings is 2. The second kappa shape index (κ2) is 11.0. The zero-order valence-electron chi connectivity index (χ0n) is 20.0. The quantitative estimate of drug-likeness (QED) is 0.393. The van der Waals surface area contributed by atoms with Crippen molar-refractivity contribution in [2.24, 2.45) is 5.92 Å². The van der Waals surface area contributed by atoms with Crippen LogP contribution in [0.3, 0.4) is 0 Å². The van der Waals surface area contributed by atoms with E-state index in [1.54, 1.807) is 18.7 Å². The number of carbonyl (C=O) groups is 1. The molecule has 180 valence electrons. The molecule has 5 rings (SSSR count). The van der Waals surface area contributed by atoms with Crippen molar-refractivity contribution in [1.29, 1.82) is 5.26 Å². The number of likely N-dealkylation sites (tertiary alicyclic amines) is 1. The fourth-order valence-electron chi connectivity index (χ4n) is 4.90. The van der Waals surface area contributed by atoms with Crippen LogP contribution in [0, 0.1) is 17.2 Å². The summed E-state index contributed by atoms with van der Waals surface area (Å²) in [7, 11) is 0. The van der Waals surface area contributed by atoms with Gasteiger partial charge in [0.25, 0.3) is 0 Å². The Balaban J connectivity index is 1.33. The van der Waals surface area contributed by atoms with Crippen molar-refractivity contribution >= 4 is 5.91 Å². The van der Waals surface area contributed by atoms with Crippen LogP contribution in [0.2, 0.25) is 0 Å². The van der Waals surface area contributed by atoms with E-state index >= 15 is 0 Å². The van der Waals surface area contributed by atoms with E-state index in [4.69, 9.17) is 0 Å². The third kappa shape index (κ3) is 5.19. The standard InChI is InChI=1S/C29H28N6O/c30-16-24-8-4-5-9-25(24)20-35-21-32-17-26(35)18-33-28(23-10-13-31-14-11-23)27-12-15-34(29(27)36)19-22-6-2-1-3-7-22/h1-11,13-14,17,21,27-28,33H,12,15,18-20H2. The number of carbonyl (C=O) groups excluding carboxylic acids is 1. The molecule has 1 N–H and O–H groups in total. The molecule has 1 saturated heterocycles. The van der Waals surface area contributed by atoms with Gasteiger partial charge in [0.1, 0.15) is 0 Å². The fraction of sp³-hybridized carbons (Fsp3) is 0.241. The molecule has 7 heteroatoms. The molecule has 1 fully saturated rings. The molecular formula is C29H28N6O. The Hall–Kier alpha value is -4.28. The summed E-state index contributed by atoms with van der Waals surface area (Å²) in [5, 5.41) is 13.1. The molecule has 0 aliphatic carbocycles. The van der Waals surface area contributed by atoms with Crippen LogP contribution in [0.1, 0.15) is 40.4 Å². The molecule has 0 saturated carbocycles. The highest BCUT2D eigenvalue weighted by molar-refractivity contribution is 5.81. The van der Waals surface area contributed by atoms with Crippen molar-refractivity contribution in [2.45, 2.75) is 32.1 Å². The highest BCUT2D eigenvalue weighted by Gasteiger charge is 2.38. The van der Waals surface area contributed by atoms with E-state index in [1.807, 2.05) is 70.3 Å². The highest BCUT2D eigenvalue weighted by atomic mass is 16.2. The first-order valence-electron chi connectivity index (χ1n) is 12.2. The second-order valence-electron chi connectivity index (χ2n) is 9.06. The van der Waals surface area contributed by atoms with Gasteiger partial charge in [-0.05, 0) is 41.3 Å². The van der Waals surface area contributed by atoms with Gasteiger partial charge in [0.05, 0.1) is 36.1 Å². The van der Waals surface area contributed by atoms with Gasteiger partial charge >= 0.3 is 0 Å². The number of imidazole rings is 1. The number of pyridine rings is 1. The lowest BCUT2D eigenvalue weighted by atomic mass is 9.92. The molecule has 4 aromatic rings. The predicted octanol–water partition coefficient (Wildman–Crippen LogP) is 4.08. The molecule has 1 aliphatic rings. The summed E-state index contributed by atoms with van der Waals surface area (Å²) in [4.78, 5) is 24.0. The van der Waals surface area contributed by atoms with Gasteiger partial charge in [0.15, 0.2) is 0 Å². The van der Waals surface area contributed by atoms with Crippen LogP contribution in [-0.4, -0.2) is 31.9 Å². The smallest absolute Gasteiger partial charge is 0.227 e. The van der Waals surface area contributed by atoms with Gasteiger partial charge in [-0.2, -0.15) is 5.26 Å². The maximum atomic E-state index is 13.5. The molecule has 2 atom stereocenters. The van der Waals surface area contributed by atoms with Crippen LogP contribution >= 0.6 is 0 Å². The van der Waals surface area contributed by atoms with Crippen LogP contribution in [0.4, 0.5) is 0 Å². The van der Waals surface area contributed by atoms with Crippen LogP contribution in [-0.2, 0) is 24.4 Å². The van der Waals surface area contributed by atoms with Crippen molar-refractivity contribution in [2.75, 3.05) is 6.54 Å². The van der Waals surface area contributed by atoms with E-state index in [0.29, 0.717) is 25.2 Å². The normalized spacial score (nSPS) is 16.1. The molecule has 0 bridgehead atoms. The van der Waals surface area contributed by atoms with Crippen molar-refractivity contribution in [3.63, 3.8) is 0 Å². The Morgan fingerprint density at radius 3 is 2.58 bits per heavy atom. The first kappa shape index (κ1) is 23.5. The first-order chi connectivity index (χ1) is 17.7. The van der Waals surface area contributed by atoms with Crippen molar-refractivity contribution in [3.8, 4) is 6.07 Å². The van der Waals surface area contributed by atoms with Gasteiger partial charge in [-0.3, -0.25) is 9.78 Å². The Morgan fingerprint density at radius 2 is 1.78 bits per heavy atom. The summed E-state index contributed by atoms with van der Waals surface area (Å²) in [5.74, 6) is 0.0106. The average Bonchev–Trinajstić information content (AvgIpc) is 3.52. The summed E-state index contributed by atoms with van der Waals surface area (Å²) in [6, 6.07) is 23.8. The zero-order valence-corrected chi connectivity index (χ0v) is 20.0. The van der Waals surface area contributed by atoms with Crippen molar-refractivity contribution in [3.05, 3.63) is 120 Å². The summed E-state index contributed by atoms with van der Waals surface area (Å²) in [6.07, 6.45) is 7.96. The molecule has 0 spiro atoms. The molecule has 2 aromatic carbocycles. The lowest BCUT2D eigenvalue weighted by Gasteiger charge is -2.25. The van der Waals surface area contributed by atoms with Gasteiger partial charge in [-0.15, -0.1) is 0 Å². The molecule has 0 radical (unpaired) electrons. The van der Waals surface area contributed by atoms with Crippen LogP contribution in [0.5, 0.6) is 0 Å². The number of amides is 1. The lowest BCUT2D eigenvalue weighted by Crippen LogP contribution is -2.35. The summed E-state index contributed by atoms with van der Waals surface area (Å²) < 4.78 is 2.05. The minimum absolute atomic E-state index is 0.143. The van der Waals surface area contributed by atoms with Gasteiger partial charge in [-0.25, -0.2) is 4.98 Å². The third-order valence-corrected chi connectivity index (χ3v) is 6.80. The molecule has 1 amide bonds. The minimum atomic E-state index is -0.160. The molecule has 2 aromatic heterocycles. The Labute approximate surface area is 211 Å². The van der Waals surface area contributed by atoms with E-state index in [-0.39, 0.29) is 17.9 Å². The lowest BCUT2D eigenvalue weighted by molar-refractivity contribution is -0.132. The Morgan fingerprint density at radius 1 is 1.00 bits per heavy atom. The average molecular weight is 477 g/mol. The van der Waals surface area contributed by atoms with E-state index in [2.05, 4.69) is 33.5 Å². The predicted molar refractivity (Wildman–Crippen MR) is 136 cm³/mol. The van der Waals surface area contributed by atoms with Crippen LogP contribution in [0.15, 0.2) is 91.6 Å². The van der Waals surface area contributed by atoms with E-state index in [1.165, 1.54) is 0 Å². The van der Waals surface area contributed by atoms with Crippen LogP contribution < -0.4 is 5.32 Å². The molecule has 1 aliphatic heterocycles. The Kier molecular flexibility index (Phi) is 7.15. The van der Waals surface area contributed by atoms with Crippen molar-refractivity contribution in [1.82, 2.24) is 24.8 Å². The van der Waals surface area contributed by atoms with E-state index in [9.17, 15) is 10.1 Å². The number of nitrogens with zero attached hydrogens (tertiary/aromatic N) is 5. The second-order valence-corrected chi connectivity index (χ2v) is 9.06. The third-order valence-electron chi connectivity index (χ3n) is 6.80. The SMILES string of the molecule is N#Cc1ccccc1Cn1cncc1CNC(c1ccncc1)C1CCN(Cc2ccccc2)C1=O. The van der Waals surface area contributed by atoms with E-state index < -0.39 is 0 Å². The largest absolute Gasteiger partial charge is 0.338 e. The van der Waals surface area contributed by atoms with E-state index in [0.717, 1.165) is 35.3 Å². The topological polar surface area (TPSA) is 86.8 Å². The summed E-state index contributed by atoms with van der Waals surface area (Å²) >= 11 is 0. The summed E-state index contributed by atoms with van der Waals surface area (Å²) in [6.45, 7) is 2.48. The molecular weight excluding hydrogens is 448 g/mol. The number of rotatable bonds is 9. The van der Waals surface area contributed by atoms with Gasteiger partial charge in [0, 0.05) is 44.3 Å². The highest BCUT2D eigenvalue weighted by Crippen LogP contribution is 2.32. The van der Waals surface area contributed by atoms with Gasteiger partial charge in [0.2, 0.25) is 5.91 Å². The number of hydrogen-bond donors (Lipinski definition) is 1. The van der Waals surface area contributed by atoms with Gasteiger partial charge in [-0.1, -0.05) is 48.5 Å². The van der Waals surface area contributed by atoms with Gasteiger partial charge < -0.3 is 14.8 Å². The molecule has 36 heavy (non-hydrogen) atoms. The number of hydrogen-bond acceptors (Lipinski definition) is 5.